The molecule has 1 fully saturated rings. The molecule has 4 aromatic rings. The molecule has 2 aliphatic heterocycles. The number of anilines is 3. The third-order valence-corrected chi connectivity index (χ3v) is 16.2. The number of aliphatic hydroxyl groups excluding tert-OH is 2. The average Bonchev–Trinajstić information content (AvgIpc) is 3.90. The van der Waals surface area contributed by atoms with Crippen LogP contribution in [0.1, 0.15) is 80.1 Å². The Morgan fingerprint density at radius 1 is 0.908 bits per heavy atom. The SMILES string of the molecule is CCNc1cc2oc3cc(=[NH+]CC)c(C)cc-3c(-c3ccccc3C(=O)N(C)CCCC(=O)NCCCCCCNc3nc4c(N)ncnc4n3[C@@H]3O[C@H](COP(=O)(O)OP(=O)(O)OP(=O)([O-])O)[C@@H](O)[C@H]3O)c2cc1C. The quantitative estimate of drug-likeness (QED) is 0.0224. The Kier molecular flexibility index (Phi) is 18.9. The van der Waals surface area contributed by atoms with Crippen LogP contribution < -0.4 is 36.9 Å². The van der Waals surface area contributed by atoms with E-state index in [0.717, 1.165) is 76.5 Å². The third-order valence-electron chi connectivity index (χ3n) is 12.4. The Hall–Kier alpha value is -5.69. The highest BCUT2D eigenvalue weighted by Crippen LogP contribution is 2.65. The van der Waals surface area contributed by atoms with Crippen molar-refractivity contribution in [3.8, 4) is 22.5 Å². The second kappa shape index (κ2) is 24.8. The van der Waals surface area contributed by atoms with E-state index >= 15 is 0 Å². The summed E-state index contributed by atoms with van der Waals surface area (Å²) in [7, 11) is -15.6. The minimum atomic E-state index is -5.88. The van der Waals surface area contributed by atoms with Crippen molar-refractivity contribution < 1.29 is 80.4 Å². The molecule has 29 heteroatoms. The van der Waals surface area contributed by atoms with Crippen LogP contribution in [0, 0.1) is 13.8 Å². The zero-order valence-electron chi connectivity index (χ0n) is 42.4. The first-order chi connectivity index (χ1) is 36.0. The van der Waals surface area contributed by atoms with E-state index in [-0.39, 0.29) is 41.2 Å². The number of hydrogen-bond donors (Lipinski definition) is 10. The van der Waals surface area contributed by atoms with E-state index in [1.807, 2.05) is 64.1 Å². The molecule has 2 amide bonds. The molecule has 7 atom stereocenters. The van der Waals surface area contributed by atoms with E-state index in [4.69, 9.17) is 19.8 Å². The molecule has 1 saturated heterocycles. The zero-order valence-corrected chi connectivity index (χ0v) is 45.1. The summed E-state index contributed by atoms with van der Waals surface area (Å²) in [5.74, 6) is 0.463. The van der Waals surface area contributed by atoms with E-state index in [1.54, 1.807) is 11.9 Å². The van der Waals surface area contributed by atoms with Crippen molar-refractivity contribution >= 4 is 74.9 Å². The molecule has 412 valence electrons. The van der Waals surface area contributed by atoms with Crippen molar-refractivity contribution in [1.29, 1.82) is 0 Å². The van der Waals surface area contributed by atoms with Crippen LogP contribution in [-0.2, 0) is 36.4 Å². The lowest BCUT2D eigenvalue weighted by atomic mass is 9.89. The number of carbonyl (C=O) groups is 2. The molecule has 4 heterocycles. The normalized spacial score (nSPS) is 19.4. The lowest BCUT2D eigenvalue weighted by Gasteiger charge is -2.22. The van der Waals surface area contributed by atoms with Gasteiger partial charge in [-0.1, -0.05) is 31.0 Å². The number of aryl methyl sites for hydroxylation is 2. The van der Waals surface area contributed by atoms with Gasteiger partial charge in [0.25, 0.3) is 13.7 Å². The second-order valence-electron chi connectivity index (χ2n) is 18.1. The summed E-state index contributed by atoms with van der Waals surface area (Å²) >= 11 is 0. The molecule has 0 radical (unpaired) electrons. The fraction of sp³-hybridized carbons (Fsp3) is 0.447. The summed E-state index contributed by atoms with van der Waals surface area (Å²) in [5.41, 5.74) is 13.1. The number of phosphoric acid groups is 3. The first-order valence-corrected chi connectivity index (χ1v) is 28.9. The molecule has 26 nitrogen and oxygen atoms in total. The molecule has 0 bridgehead atoms. The van der Waals surface area contributed by atoms with E-state index in [9.17, 15) is 48.2 Å². The topological polar surface area (TPSA) is 383 Å². The van der Waals surface area contributed by atoms with Crippen LogP contribution >= 0.6 is 23.5 Å². The Morgan fingerprint density at radius 2 is 1.64 bits per heavy atom. The van der Waals surface area contributed by atoms with Gasteiger partial charge in [0.05, 0.1) is 12.7 Å². The van der Waals surface area contributed by atoms with Gasteiger partial charge in [0.1, 0.15) is 42.5 Å². The summed E-state index contributed by atoms with van der Waals surface area (Å²) in [5, 5.41) is 33.2. The van der Waals surface area contributed by atoms with Gasteiger partial charge < -0.3 is 65.5 Å². The van der Waals surface area contributed by atoms with Crippen LogP contribution in [-0.4, -0.2) is 126 Å². The first-order valence-electron chi connectivity index (χ1n) is 24.5. The summed E-state index contributed by atoms with van der Waals surface area (Å²) in [4.78, 5) is 83.6. The van der Waals surface area contributed by atoms with E-state index in [1.165, 1.54) is 4.57 Å². The molecule has 2 aromatic heterocycles. The van der Waals surface area contributed by atoms with Gasteiger partial charge >= 0.3 is 15.6 Å². The summed E-state index contributed by atoms with van der Waals surface area (Å²) in [6.45, 7) is 9.77. The Balaban J connectivity index is 0.890. The van der Waals surface area contributed by atoms with Crippen molar-refractivity contribution in [1.82, 2.24) is 29.7 Å². The smallest absolute Gasteiger partial charge is 0.487 e. The van der Waals surface area contributed by atoms with Gasteiger partial charge in [0.2, 0.25) is 17.2 Å². The number of nitrogens with zero attached hydrogens (tertiary/aromatic N) is 5. The lowest BCUT2D eigenvalue weighted by Crippen LogP contribution is -2.76. The molecule has 0 spiro atoms. The van der Waals surface area contributed by atoms with E-state index in [0.29, 0.717) is 55.8 Å². The number of amides is 2. The first kappa shape index (κ1) is 58.0. The molecule has 7 rings (SSSR count). The number of imidazole rings is 1. The van der Waals surface area contributed by atoms with Crippen molar-refractivity contribution in [3.63, 3.8) is 0 Å². The highest BCUT2D eigenvalue weighted by atomic mass is 31.3. The Labute approximate surface area is 436 Å². The van der Waals surface area contributed by atoms with Crippen molar-refractivity contribution in [3.05, 3.63) is 76.9 Å². The lowest BCUT2D eigenvalue weighted by molar-refractivity contribution is -0.496. The molecular weight excluding hydrogens is 1050 g/mol. The van der Waals surface area contributed by atoms with Gasteiger partial charge in [-0.05, 0) is 76.3 Å². The summed E-state index contributed by atoms with van der Waals surface area (Å²) in [6, 6.07) is 15.8. The summed E-state index contributed by atoms with van der Waals surface area (Å²) < 4.78 is 60.3. The zero-order chi connectivity index (χ0) is 55.1. The van der Waals surface area contributed by atoms with Crippen LogP contribution in [0.2, 0.25) is 0 Å². The third kappa shape index (κ3) is 14.1. The molecule has 76 heavy (non-hydrogen) atoms. The number of hydrogen-bond acceptors (Lipinski definition) is 19. The minimum absolute atomic E-state index is 0.0189. The molecule has 11 N–H and O–H groups in total. The minimum Gasteiger partial charge on any atom is -0.756 e. The largest absolute Gasteiger partial charge is 0.756 e. The average molecular weight is 1120 g/mol. The maximum atomic E-state index is 14.3. The van der Waals surface area contributed by atoms with E-state index in [2.05, 4.69) is 61.2 Å². The van der Waals surface area contributed by atoms with Crippen LogP contribution in [0.25, 0.3) is 44.6 Å². The second-order valence-corrected chi connectivity index (χ2v) is 22.5. The maximum Gasteiger partial charge on any atom is 0.487 e. The van der Waals surface area contributed by atoms with E-state index < -0.39 is 54.6 Å². The maximum absolute atomic E-state index is 14.3. The summed E-state index contributed by atoms with van der Waals surface area (Å²) in [6.07, 6.45) is -1.98. The Morgan fingerprint density at radius 3 is 2.37 bits per heavy atom. The number of phosphoric ester groups is 1. The molecule has 0 saturated carbocycles. The number of benzene rings is 3. The van der Waals surface area contributed by atoms with Gasteiger partial charge in [-0.15, -0.1) is 0 Å². The number of unbranched alkanes of at least 4 members (excludes halogenated alkanes) is 3. The van der Waals surface area contributed by atoms with Gasteiger partial charge in [0.15, 0.2) is 23.2 Å². The molecule has 2 aromatic carbocycles. The number of rotatable bonds is 25. The van der Waals surface area contributed by atoms with Crippen LogP contribution in [0.15, 0.2) is 59.3 Å². The predicted octanol–water partition coefficient (Wildman–Crippen LogP) is 2.95. The van der Waals surface area contributed by atoms with Gasteiger partial charge in [0, 0.05) is 79.0 Å². The standard InChI is InChI=1S/C47H63N10O16P3/c1-6-49-33-23-35-31(21-27(33)3)39(32-22-28(4)34(50-7-2)24-36(32)70-35)29-15-10-11-16-30(29)45(61)56(5)20-14-17-38(58)51-18-12-8-9-13-19-52-47-55-40-43(48)53-26-54-44(40)57(47)46-42(60)41(59)37(71-46)25-69-75(65,66)73-76(67,68)72-74(62,63)64/h10-11,15-16,21-24,26,37,41-42,46,49,59-60H,6-9,12-14,17-20,25H2,1-5H3,(H,51,58)(H,52,55)(H,65,66)(H,67,68)(H2,48,53,54)(H2,62,63,64)/t37-,41-,42-,46-/m1/s1. The highest BCUT2D eigenvalue weighted by Gasteiger charge is 2.47. The number of nitrogen functional groups attached to an aromatic ring is 1. The Bertz CT molecular complexity index is 3260. The molecule has 3 aliphatic rings. The number of ether oxygens (including phenoxy) is 1. The van der Waals surface area contributed by atoms with Crippen LogP contribution in [0.3, 0.4) is 0 Å². The number of aromatic nitrogens is 4. The number of aliphatic hydroxyl groups is 2. The van der Waals surface area contributed by atoms with Crippen molar-refractivity contribution in [2.45, 2.75) is 90.8 Å². The van der Waals surface area contributed by atoms with Crippen molar-refractivity contribution in [2.75, 3.05) is 62.7 Å². The fourth-order valence-corrected chi connectivity index (χ4v) is 11.9. The number of nitrogens with one attached hydrogen (secondary N) is 4. The van der Waals surface area contributed by atoms with Gasteiger partial charge in [-0.2, -0.15) is 4.31 Å². The highest BCUT2D eigenvalue weighted by molar-refractivity contribution is 7.66. The predicted molar refractivity (Wildman–Crippen MR) is 276 cm³/mol. The number of carbonyl (C=O) groups excluding carboxylic acids is 2. The van der Waals surface area contributed by atoms with Gasteiger partial charge in [-0.3, -0.25) is 23.2 Å². The van der Waals surface area contributed by atoms with Crippen LogP contribution in [0.4, 0.5) is 17.5 Å². The molecular formula is C47H63N10O16P3. The number of nitrogens with two attached hydrogens (primary N) is 1. The van der Waals surface area contributed by atoms with Crippen LogP contribution in [0.5, 0.6) is 0 Å². The molecule has 1 aliphatic carbocycles. The number of fused-ring (bicyclic) bond motifs is 3. The van der Waals surface area contributed by atoms with Gasteiger partial charge in [-0.25, -0.2) is 33.4 Å². The fourth-order valence-electron chi connectivity index (χ4n) is 8.88. The van der Waals surface area contributed by atoms with Crippen molar-refractivity contribution in [2.24, 2.45) is 0 Å². The molecule has 3 unspecified atom stereocenters. The monoisotopic (exact) mass is 1120 g/mol.